The number of hydrogen-bond acceptors (Lipinski definition) is 2. The van der Waals surface area contributed by atoms with Crippen molar-refractivity contribution in [3.05, 3.63) is 146 Å². The molecule has 0 unspecified atom stereocenters. The number of nitrogens with zero attached hydrogens (tertiary/aromatic N) is 4. The largest absolute Gasteiger partial charge is 0.508 e. The van der Waals surface area contributed by atoms with E-state index >= 15 is 0 Å². The van der Waals surface area contributed by atoms with Crippen molar-refractivity contribution in [3.8, 4) is 34.1 Å². The monoisotopic (exact) mass is 739 g/mol. The summed E-state index contributed by atoms with van der Waals surface area (Å²) in [6.45, 7) is -2.32. The Morgan fingerprint density at radius 1 is 0.698 bits per heavy atom. The van der Waals surface area contributed by atoms with Crippen molar-refractivity contribution in [1.82, 2.24) is 18.7 Å². The molecule has 0 saturated heterocycles. The van der Waals surface area contributed by atoms with E-state index in [4.69, 9.17) is 13.8 Å². The molecule has 3 heterocycles. The van der Waals surface area contributed by atoms with E-state index in [-0.39, 0.29) is 21.1 Å². The fourth-order valence-corrected chi connectivity index (χ4v) is 5.58. The third-order valence-electron chi connectivity index (χ3n) is 7.50. The predicted molar refractivity (Wildman–Crippen MR) is 168 cm³/mol. The fourth-order valence-electron chi connectivity index (χ4n) is 5.58. The van der Waals surface area contributed by atoms with Crippen LogP contribution in [0.3, 0.4) is 0 Å². The van der Waals surface area contributed by atoms with Gasteiger partial charge in [-0.3, -0.25) is 0 Å². The number of pyridine rings is 1. The molecule has 6 heteroatoms. The zero-order chi connectivity index (χ0) is 30.5. The Labute approximate surface area is 267 Å². The standard InChI is InChI=1S/C37H25N4O.Pt/c1-39-25-40(35-17-8-7-16-34(35)39)28-12-9-13-29(23-28)42-30-18-19-32-31-14-5-6-15-33(31)41(36(32)24-30)37-22-27(20-21-38-37)26-10-3-2-4-11-26;/h2-22,25H,1H3;/q-1;/i1D3;. The first kappa shape index (κ1) is 23.6. The number of rotatable bonds is 5. The van der Waals surface area contributed by atoms with E-state index in [2.05, 4.69) is 47.0 Å². The average molecular weight is 740 g/mol. The van der Waals surface area contributed by atoms with Gasteiger partial charge in [0.05, 0.1) is 0 Å². The summed E-state index contributed by atoms with van der Waals surface area (Å²) < 4.78 is 35.6. The van der Waals surface area contributed by atoms with Gasteiger partial charge in [-0.1, -0.05) is 60.1 Å². The van der Waals surface area contributed by atoms with Crippen LogP contribution in [-0.2, 0) is 28.0 Å². The van der Waals surface area contributed by atoms with Gasteiger partial charge < -0.3 is 9.30 Å². The van der Waals surface area contributed by atoms with E-state index in [0.717, 1.165) is 44.3 Å². The Kier molecular flexibility index (Phi) is 6.03. The van der Waals surface area contributed by atoms with Crippen molar-refractivity contribution >= 4 is 32.8 Å². The maximum atomic E-state index is 8.00. The molecule has 0 spiro atoms. The molecule has 8 rings (SSSR count). The molecule has 3 aromatic heterocycles. The van der Waals surface area contributed by atoms with Crippen LogP contribution >= 0.6 is 0 Å². The molecule has 0 amide bonds. The van der Waals surface area contributed by atoms with Crippen LogP contribution in [0, 0.1) is 12.1 Å². The van der Waals surface area contributed by atoms with Crippen molar-refractivity contribution in [2.45, 2.75) is 0 Å². The molecule has 5 nitrogen and oxygen atoms in total. The summed E-state index contributed by atoms with van der Waals surface area (Å²) in [6, 6.07) is 46.3. The SMILES string of the molecule is [2H]C([2H])([2H])n1[cH+]n(-c2[c-]c(Oc3[c-]c4c(cc3)c3ccccc3n4-c3cc(-c4ccccc4)ccn3)ccc2)c2ccccc21.[Pt]. The number of benzene rings is 5. The molecule has 0 aliphatic heterocycles. The second kappa shape index (κ2) is 11.0. The first-order valence-corrected chi connectivity index (χ1v) is 13.6. The van der Waals surface area contributed by atoms with Gasteiger partial charge in [0.15, 0.2) is 17.4 Å². The molecule has 8 aromatic rings. The molecule has 0 radical (unpaired) electrons. The molecule has 0 saturated carbocycles. The predicted octanol–water partition coefficient (Wildman–Crippen LogP) is 8.80. The molecule has 0 fully saturated rings. The van der Waals surface area contributed by atoms with Crippen LogP contribution in [0.5, 0.6) is 11.5 Å². The molecule has 5 aromatic carbocycles. The molecule has 0 N–H and O–H groups in total. The summed E-state index contributed by atoms with van der Waals surface area (Å²) in [7, 11) is 0. The molecular weight excluding hydrogens is 712 g/mol. The Morgan fingerprint density at radius 2 is 1.47 bits per heavy atom. The van der Waals surface area contributed by atoms with Crippen molar-refractivity contribution in [3.63, 3.8) is 0 Å². The Bertz CT molecular complexity index is 2360. The Balaban J connectivity index is 0.00000338. The second-order valence-corrected chi connectivity index (χ2v) is 10.1. The van der Waals surface area contributed by atoms with E-state index in [1.54, 1.807) is 12.4 Å². The molecule has 210 valence electrons. The summed E-state index contributed by atoms with van der Waals surface area (Å²) in [5.41, 5.74) is 6.07. The number of hydrogen-bond donors (Lipinski definition) is 0. The number of para-hydroxylation sites is 3. The van der Waals surface area contributed by atoms with Gasteiger partial charge in [0.25, 0.3) is 0 Å². The van der Waals surface area contributed by atoms with Crippen molar-refractivity contribution in [2.24, 2.45) is 6.98 Å². The molecule has 43 heavy (non-hydrogen) atoms. The van der Waals surface area contributed by atoms with Gasteiger partial charge in [0.1, 0.15) is 5.82 Å². The van der Waals surface area contributed by atoms with E-state index in [1.165, 1.54) is 4.57 Å². The molecule has 0 aliphatic rings. The molecule has 0 atom stereocenters. The topological polar surface area (TPSA) is 36.9 Å². The van der Waals surface area contributed by atoms with Crippen molar-refractivity contribution in [1.29, 1.82) is 0 Å². The van der Waals surface area contributed by atoms with Crippen LogP contribution in [0.4, 0.5) is 0 Å². The van der Waals surface area contributed by atoms with E-state index in [0.29, 0.717) is 22.7 Å². The first-order valence-electron chi connectivity index (χ1n) is 15.1. The zero-order valence-corrected chi connectivity index (χ0v) is 25.0. The number of imidazole rings is 1. The van der Waals surface area contributed by atoms with Gasteiger partial charge in [-0.15, -0.1) is 29.7 Å². The molecular formula is C37H25N4OPt-. The summed E-state index contributed by atoms with van der Waals surface area (Å²) in [6.07, 6.45) is 3.42. The van der Waals surface area contributed by atoms with Crippen LogP contribution < -0.4 is 4.74 Å². The third-order valence-corrected chi connectivity index (χ3v) is 7.50. The van der Waals surface area contributed by atoms with Gasteiger partial charge >= 0.3 is 0 Å². The van der Waals surface area contributed by atoms with Gasteiger partial charge in [-0.25, -0.2) is 14.1 Å². The third kappa shape index (κ3) is 4.72. The number of aryl methyl sites for hydroxylation is 1. The van der Waals surface area contributed by atoms with Crippen molar-refractivity contribution in [2.75, 3.05) is 0 Å². The van der Waals surface area contributed by atoms with E-state index < -0.39 is 6.98 Å². The number of ether oxygens (including phenoxy) is 1. The Hall–Kier alpha value is -4.99. The van der Waals surface area contributed by atoms with Gasteiger partial charge in [0, 0.05) is 73.2 Å². The van der Waals surface area contributed by atoms with Gasteiger partial charge in [0.2, 0.25) is 0 Å². The minimum atomic E-state index is -2.32. The summed E-state index contributed by atoms with van der Waals surface area (Å²) >= 11 is 0. The van der Waals surface area contributed by atoms with Crippen LogP contribution in [-0.4, -0.2) is 18.7 Å². The smallest absolute Gasteiger partial charge is 0.188 e. The normalized spacial score (nSPS) is 12.5. The molecule has 0 aliphatic carbocycles. The van der Waals surface area contributed by atoms with Gasteiger partial charge in [-0.05, 0) is 46.8 Å². The number of fused-ring (bicyclic) bond motifs is 4. The quantitative estimate of drug-likeness (QED) is 0.166. The number of aromatic nitrogens is 4. The Morgan fingerprint density at radius 3 is 2.33 bits per heavy atom. The van der Waals surface area contributed by atoms with Crippen molar-refractivity contribution < 1.29 is 29.9 Å². The van der Waals surface area contributed by atoms with E-state index in [9.17, 15) is 0 Å². The van der Waals surface area contributed by atoms with Gasteiger partial charge in [-0.2, -0.15) is 12.1 Å². The maximum absolute atomic E-state index is 8.00. The maximum Gasteiger partial charge on any atom is 0.188 e. The van der Waals surface area contributed by atoms with E-state index in [1.807, 2.05) is 95.7 Å². The average Bonchev–Trinajstić information content (AvgIpc) is 3.62. The second-order valence-electron chi connectivity index (χ2n) is 10.1. The van der Waals surface area contributed by atoms with Crippen LogP contribution in [0.2, 0.25) is 0 Å². The molecule has 0 bridgehead atoms. The fraction of sp³-hybridized carbons (Fsp3) is 0.0270. The summed E-state index contributed by atoms with van der Waals surface area (Å²) in [5.74, 6) is 1.79. The minimum absolute atomic E-state index is 0. The summed E-state index contributed by atoms with van der Waals surface area (Å²) in [4.78, 5) is 4.76. The van der Waals surface area contributed by atoms with Crippen LogP contribution in [0.25, 0.3) is 55.5 Å². The minimum Gasteiger partial charge on any atom is -0.508 e. The van der Waals surface area contributed by atoms with Crippen LogP contribution in [0.1, 0.15) is 4.11 Å². The summed E-state index contributed by atoms with van der Waals surface area (Å²) in [5, 5.41) is 2.13. The zero-order valence-electron chi connectivity index (χ0n) is 25.7. The first-order chi connectivity index (χ1) is 21.9. The van der Waals surface area contributed by atoms with Crippen LogP contribution in [0.15, 0.2) is 134 Å².